The first kappa shape index (κ1) is 13.6. The first-order valence-electron chi connectivity index (χ1n) is 4.40. The molecule has 0 aromatic heterocycles. The van der Waals surface area contributed by atoms with Gasteiger partial charge in [0.25, 0.3) is 0 Å². The molecule has 0 radical (unpaired) electrons. The first-order chi connectivity index (χ1) is 8.30. The number of nitriles is 1. The van der Waals surface area contributed by atoms with Crippen molar-refractivity contribution in [3.63, 3.8) is 0 Å². The SMILES string of the molecule is COC(=O)c1ccc(C#N)c(O)c1OC(F)(F)F. The summed E-state index contributed by atoms with van der Waals surface area (Å²) in [6, 6.07) is 3.33. The number of hydrogen-bond donors (Lipinski definition) is 1. The van der Waals surface area contributed by atoms with E-state index in [4.69, 9.17) is 5.26 Å². The Morgan fingerprint density at radius 2 is 2.06 bits per heavy atom. The largest absolute Gasteiger partial charge is 0.573 e. The Morgan fingerprint density at radius 3 is 2.50 bits per heavy atom. The molecule has 1 aromatic rings. The highest BCUT2D eigenvalue weighted by Gasteiger charge is 2.35. The lowest BCUT2D eigenvalue weighted by atomic mass is 10.1. The predicted molar refractivity (Wildman–Crippen MR) is 50.8 cm³/mol. The summed E-state index contributed by atoms with van der Waals surface area (Å²) in [7, 11) is 0.953. The zero-order valence-corrected chi connectivity index (χ0v) is 8.91. The highest BCUT2D eigenvalue weighted by Crippen LogP contribution is 2.37. The fourth-order valence-electron chi connectivity index (χ4n) is 1.15. The van der Waals surface area contributed by atoms with Gasteiger partial charge >= 0.3 is 12.3 Å². The molecule has 18 heavy (non-hydrogen) atoms. The number of halogens is 3. The van der Waals surface area contributed by atoms with E-state index >= 15 is 0 Å². The summed E-state index contributed by atoms with van der Waals surface area (Å²) in [5.74, 6) is -3.36. The summed E-state index contributed by atoms with van der Waals surface area (Å²) in [5, 5.41) is 18.0. The summed E-state index contributed by atoms with van der Waals surface area (Å²) in [4.78, 5) is 11.2. The lowest BCUT2D eigenvalue weighted by Gasteiger charge is -2.14. The standard InChI is InChI=1S/C10H6F3NO4/c1-17-9(16)6-3-2-5(4-14)7(15)8(6)18-10(11,12)13/h2-3,15H,1H3. The summed E-state index contributed by atoms with van der Waals surface area (Å²) in [6.45, 7) is 0. The van der Waals surface area contributed by atoms with E-state index in [-0.39, 0.29) is 0 Å². The van der Waals surface area contributed by atoms with Crippen LogP contribution in [0.3, 0.4) is 0 Å². The van der Waals surface area contributed by atoms with Crippen molar-refractivity contribution < 1.29 is 32.5 Å². The first-order valence-corrected chi connectivity index (χ1v) is 4.40. The van der Waals surface area contributed by atoms with Crippen molar-refractivity contribution in [2.75, 3.05) is 7.11 Å². The van der Waals surface area contributed by atoms with Crippen LogP contribution in [-0.2, 0) is 4.74 Å². The maximum absolute atomic E-state index is 12.1. The molecule has 0 aliphatic rings. The van der Waals surface area contributed by atoms with Gasteiger partial charge in [0, 0.05) is 0 Å². The van der Waals surface area contributed by atoms with Crippen molar-refractivity contribution in [2.45, 2.75) is 6.36 Å². The second-order valence-corrected chi connectivity index (χ2v) is 2.99. The Bertz CT molecular complexity index is 519. The van der Waals surface area contributed by atoms with Gasteiger partial charge in [0.15, 0.2) is 11.5 Å². The Kier molecular flexibility index (Phi) is 3.66. The van der Waals surface area contributed by atoms with Gasteiger partial charge in [-0.3, -0.25) is 0 Å². The van der Waals surface area contributed by atoms with Gasteiger partial charge in [0.05, 0.1) is 12.7 Å². The molecule has 0 saturated heterocycles. The van der Waals surface area contributed by atoms with E-state index in [1.54, 1.807) is 0 Å². The predicted octanol–water partition coefficient (Wildman–Crippen LogP) is 1.95. The second-order valence-electron chi connectivity index (χ2n) is 2.99. The van der Waals surface area contributed by atoms with E-state index in [1.807, 2.05) is 0 Å². The van der Waals surface area contributed by atoms with Crippen LogP contribution in [-0.4, -0.2) is 24.5 Å². The van der Waals surface area contributed by atoms with Crippen molar-refractivity contribution in [3.05, 3.63) is 23.3 Å². The van der Waals surface area contributed by atoms with E-state index < -0.39 is 35.0 Å². The van der Waals surface area contributed by atoms with E-state index in [9.17, 15) is 23.1 Å². The maximum atomic E-state index is 12.1. The topological polar surface area (TPSA) is 79.6 Å². The van der Waals surface area contributed by atoms with Crippen LogP contribution in [0.25, 0.3) is 0 Å². The minimum atomic E-state index is -5.12. The van der Waals surface area contributed by atoms with Crippen LogP contribution in [0.4, 0.5) is 13.2 Å². The molecular weight excluding hydrogens is 255 g/mol. The Balaban J connectivity index is 3.41. The highest BCUT2D eigenvalue weighted by atomic mass is 19.4. The fourth-order valence-corrected chi connectivity index (χ4v) is 1.15. The second kappa shape index (κ2) is 4.83. The molecule has 0 fully saturated rings. The van der Waals surface area contributed by atoms with Crippen LogP contribution < -0.4 is 4.74 Å². The molecule has 0 spiro atoms. The number of hydrogen-bond acceptors (Lipinski definition) is 5. The number of rotatable bonds is 2. The summed E-state index contributed by atoms with van der Waals surface area (Å²) < 4.78 is 44.2. The molecule has 0 saturated carbocycles. The van der Waals surface area contributed by atoms with Gasteiger partial charge < -0.3 is 14.6 Å². The Morgan fingerprint density at radius 1 is 1.44 bits per heavy atom. The van der Waals surface area contributed by atoms with Crippen molar-refractivity contribution >= 4 is 5.97 Å². The number of phenolic OH excluding ortho intramolecular Hbond substituents is 1. The number of nitrogens with zero attached hydrogens (tertiary/aromatic N) is 1. The molecule has 0 bridgehead atoms. The van der Waals surface area contributed by atoms with Gasteiger partial charge in [-0.05, 0) is 12.1 Å². The van der Waals surface area contributed by atoms with Crippen molar-refractivity contribution in [2.24, 2.45) is 0 Å². The molecule has 5 nitrogen and oxygen atoms in total. The zero-order chi connectivity index (χ0) is 13.9. The minimum Gasteiger partial charge on any atom is -0.503 e. The molecule has 96 valence electrons. The minimum absolute atomic E-state index is 0.457. The maximum Gasteiger partial charge on any atom is 0.573 e. The van der Waals surface area contributed by atoms with E-state index in [0.29, 0.717) is 0 Å². The highest BCUT2D eigenvalue weighted by molar-refractivity contribution is 5.94. The summed E-state index contributed by atoms with van der Waals surface area (Å²) in [5.41, 5.74) is -1.09. The van der Waals surface area contributed by atoms with E-state index in [1.165, 1.54) is 6.07 Å². The third kappa shape index (κ3) is 2.82. The third-order valence-electron chi connectivity index (χ3n) is 1.88. The number of aromatic hydroxyl groups is 1. The average Bonchev–Trinajstić information content (AvgIpc) is 2.29. The van der Waals surface area contributed by atoms with Gasteiger partial charge in [-0.2, -0.15) is 5.26 Å². The van der Waals surface area contributed by atoms with Crippen molar-refractivity contribution in [3.8, 4) is 17.6 Å². The number of alkyl halides is 3. The molecule has 1 N–H and O–H groups in total. The lowest BCUT2D eigenvalue weighted by Crippen LogP contribution is -2.19. The molecule has 1 aromatic carbocycles. The smallest absolute Gasteiger partial charge is 0.503 e. The Labute approximate surface area is 99.0 Å². The monoisotopic (exact) mass is 261 g/mol. The average molecular weight is 261 g/mol. The van der Waals surface area contributed by atoms with E-state index in [0.717, 1.165) is 19.2 Å². The zero-order valence-electron chi connectivity index (χ0n) is 8.91. The molecule has 0 aliphatic carbocycles. The number of ether oxygens (including phenoxy) is 2. The molecule has 0 aliphatic heterocycles. The lowest BCUT2D eigenvalue weighted by molar-refractivity contribution is -0.275. The molecule has 1 rings (SSSR count). The van der Waals surface area contributed by atoms with Gasteiger partial charge in [-0.15, -0.1) is 13.2 Å². The third-order valence-corrected chi connectivity index (χ3v) is 1.88. The van der Waals surface area contributed by atoms with Crippen LogP contribution in [0.2, 0.25) is 0 Å². The Hall–Kier alpha value is -2.43. The number of phenols is 1. The molecular formula is C10H6F3NO4. The number of methoxy groups -OCH3 is 1. The molecule has 0 amide bonds. The van der Waals surface area contributed by atoms with E-state index in [2.05, 4.69) is 9.47 Å². The molecule has 0 unspecified atom stereocenters. The normalized spacial score (nSPS) is 10.6. The number of carbonyl (C=O) groups excluding carboxylic acids is 1. The fraction of sp³-hybridized carbons (Fsp3) is 0.200. The number of benzene rings is 1. The summed E-state index contributed by atoms with van der Waals surface area (Å²) >= 11 is 0. The van der Waals surface area contributed by atoms with Gasteiger partial charge in [0.2, 0.25) is 0 Å². The van der Waals surface area contributed by atoms with Crippen molar-refractivity contribution in [1.29, 1.82) is 5.26 Å². The molecule has 0 atom stereocenters. The van der Waals surface area contributed by atoms with Crippen LogP contribution in [0.5, 0.6) is 11.5 Å². The van der Waals surface area contributed by atoms with Crippen molar-refractivity contribution in [1.82, 2.24) is 0 Å². The van der Waals surface area contributed by atoms with Gasteiger partial charge in [-0.1, -0.05) is 0 Å². The van der Waals surface area contributed by atoms with Crippen LogP contribution in [0, 0.1) is 11.3 Å². The summed E-state index contributed by atoms with van der Waals surface area (Å²) in [6.07, 6.45) is -5.12. The molecule has 0 heterocycles. The van der Waals surface area contributed by atoms with Gasteiger partial charge in [0.1, 0.15) is 11.6 Å². The number of esters is 1. The quantitative estimate of drug-likeness (QED) is 0.823. The van der Waals surface area contributed by atoms with Crippen LogP contribution in [0.1, 0.15) is 15.9 Å². The number of carbonyl (C=O) groups is 1. The van der Waals surface area contributed by atoms with Crippen LogP contribution >= 0.6 is 0 Å². The molecule has 8 heteroatoms. The van der Waals surface area contributed by atoms with Crippen LogP contribution in [0.15, 0.2) is 12.1 Å². The van der Waals surface area contributed by atoms with Gasteiger partial charge in [-0.25, -0.2) is 4.79 Å².